The van der Waals surface area contributed by atoms with Crippen LogP contribution in [0.1, 0.15) is 18.0 Å². The number of nitrogens with zero attached hydrogens (tertiary/aromatic N) is 2. The lowest BCUT2D eigenvalue weighted by atomic mass is 10.2. The van der Waals surface area contributed by atoms with E-state index in [2.05, 4.69) is 19.9 Å². The van der Waals surface area contributed by atoms with Crippen LogP contribution in [0.3, 0.4) is 0 Å². The molecule has 0 spiro atoms. The Morgan fingerprint density at radius 2 is 1.95 bits per heavy atom. The molecule has 0 saturated carbocycles. The van der Waals surface area contributed by atoms with Crippen LogP contribution in [0.25, 0.3) is 10.9 Å². The first-order valence-electron chi connectivity index (χ1n) is 6.55. The molecule has 0 fully saturated rings. The highest BCUT2D eigenvalue weighted by Crippen LogP contribution is 2.30. The normalized spacial score (nSPS) is 12.4. The lowest BCUT2D eigenvalue weighted by Gasteiger charge is -2.10. The molecule has 0 bridgehead atoms. The largest absolute Gasteiger partial charge is 0.383 e. The van der Waals surface area contributed by atoms with Crippen LogP contribution in [0.2, 0.25) is 0 Å². The zero-order valence-corrected chi connectivity index (χ0v) is 12.5. The number of fused-ring (bicyclic) bond motifs is 1. The summed E-state index contributed by atoms with van der Waals surface area (Å²) >= 11 is 1.26. The maximum absolute atomic E-state index is 12.1. The zero-order chi connectivity index (χ0) is 15.7. The molecule has 3 aromatic rings. The number of aromatic amines is 2. The van der Waals surface area contributed by atoms with Crippen LogP contribution in [-0.4, -0.2) is 19.9 Å². The molecule has 22 heavy (non-hydrogen) atoms. The van der Waals surface area contributed by atoms with Crippen molar-refractivity contribution in [3.63, 3.8) is 0 Å². The highest BCUT2D eigenvalue weighted by molar-refractivity contribution is 7.99. The van der Waals surface area contributed by atoms with E-state index in [4.69, 9.17) is 5.73 Å². The number of nitrogens with two attached hydrogens (primary N) is 1. The number of nitrogen functional groups attached to an aromatic ring is 1. The average molecular weight is 315 g/mol. The predicted octanol–water partition coefficient (Wildman–Crippen LogP) is 1.44. The second-order valence-corrected chi connectivity index (χ2v) is 6.03. The molecule has 0 aliphatic heterocycles. The van der Waals surface area contributed by atoms with Gasteiger partial charge in [0.15, 0.2) is 5.16 Å². The van der Waals surface area contributed by atoms with Gasteiger partial charge in [0.1, 0.15) is 11.6 Å². The Labute approximate surface area is 129 Å². The fourth-order valence-electron chi connectivity index (χ4n) is 2.03. The van der Waals surface area contributed by atoms with Crippen molar-refractivity contribution < 1.29 is 0 Å². The van der Waals surface area contributed by atoms with E-state index >= 15 is 0 Å². The summed E-state index contributed by atoms with van der Waals surface area (Å²) in [5.74, 6) is 0.664. The molecule has 0 amide bonds. The topological polar surface area (TPSA) is 118 Å². The first kappa shape index (κ1) is 14.3. The highest BCUT2D eigenvalue weighted by Gasteiger charge is 2.14. The molecule has 7 nitrogen and oxygen atoms in total. The van der Waals surface area contributed by atoms with Crippen molar-refractivity contribution in [1.29, 1.82) is 0 Å². The Hall–Kier alpha value is -2.61. The van der Waals surface area contributed by atoms with Gasteiger partial charge in [0.05, 0.1) is 16.2 Å². The summed E-state index contributed by atoms with van der Waals surface area (Å²) in [5.41, 5.74) is 5.67. The standard InChI is InChI=1S/C14H13N5O2S/c1-7(22-14-17-10(15)6-11(20)18-14)12-16-9-5-3-2-4-8(9)13(21)19-12/h2-7H,1H3,(H,16,19,21)(H3,15,17,18,20). The zero-order valence-electron chi connectivity index (χ0n) is 11.7. The van der Waals surface area contributed by atoms with Crippen LogP contribution in [0.4, 0.5) is 5.82 Å². The fourth-order valence-corrected chi connectivity index (χ4v) is 2.91. The van der Waals surface area contributed by atoms with Crippen LogP contribution in [-0.2, 0) is 0 Å². The number of nitrogens with one attached hydrogen (secondary N) is 2. The summed E-state index contributed by atoms with van der Waals surface area (Å²) in [6, 6.07) is 8.34. The van der Waals surface area contributed by atoms with Crippen molar-refractivity contribution in [2.75, 3.05) is 5.73 Å². The van der Waals surface area contributed by atoms with Gasteiger partial charge in [-0.3, -0.25) is 9.59 Å². The first-order chi connectivity index (χ1) is 10.5. The molecular weight excluding hydrogens is 302 g/mol. The van der Waals surface area contributed by atoms with Gasteiger partial charge in [-0.05, 0) is 19.1 Å². The van der Waals surface area contributed by atoms with E-state index < -0.39 is 0 Å². The predicted molar refractivity (Wildman–Crippen MR) is 85.9 cm³/mol. The fraction of sp³-hybridized carbons (Fsp3) is 0.143. The smallest absolute Gasteiger partial charge is 0.258 e. The summed E-state index contributed by atoms with van der Waals surface area (Å²) in [5, 5.41) is 0.717. The van der Waals surface area contributed by atoms with E-state index in [0.717, 1.165) is 0 Å². The Morgan fingerprint density at radius 1 is 1.18 bits per heavy atom. The monoisotopic (exact) mass is 315 g/mol. The number of thioether (sulfide) groups is 1. The third-order valence-electron chi connectivity index (χ3n) is 3.04. The second-order valence-electron chi connectivity index (χ2n) is 4.70. The Balaban J connectivity index is 1.96. The lowest BCUT2D eigenvalue weighted by molar-refractivity contribution is 0.894. The number of aromatic nitrogens is 4. The van der Waals surface area contributed by atoms with Gasteiger partial charge in [-0.25, -0.2) is 9.97 Å². The molecule has 1 unspecified atom stereocenters. The van der Waals surface area contributed by atoms with Gasteiger partial charge in [-0.1, -0.05) is 23.9 Å². The van der Waals surface area contributed by atoms with E-state index in [0.29, 0.717) is 21.9 Å². The molecule has 112 valence electrons. The third kappa shape index (κ3) is 2.86. The van der Waals surface area contributed by atoms with Crippen molar-refractivity contribution in [1.82, 2.24) is 19.9 Å². The van der Waals surface area contributed by atoms with Gasteiger partial charge in [-0.2, -0.15) is 0 Å². The van der Waals surface area contributed by atoms with E-state index in [9.17, 15) is 9.59 Å². The Morgan fingerprint density at radius 3 is 2.73 bits per heavy atom. The summed E-state index contributed by atoms with van der Waals surface area (Å²) < 4.78 is 0. The Kier molecular flexibility index (Phi) is 3.68. The molecule has 0 saturated heterocycles. The maximum Gasteiger partial charge on any atom is 0.258 e. The van der Waals surface area contributed by atoms with E-state index in [1.807, 2.05) is 13.0 Å². The number of anilines is 1. The number of rotatable bonds is 3. The molecule has 8 heteroatoms. The van der Waals surface area contributed by atoms with Gasteiger partial charge in [0.25, 0.3) is 11.1 Å². The second kappa shape index (κ2) is 5.64. The number of hydrogen-bond donors (Lipinski definition) is 3. The van der Waals surface area contributed by atoms with Gasteiger partial charge >= 0.3 is 0 Å². The van der Waals surface area contributed by atoms with Gasteiger partial charge < -0.3 is 15.7 Å². The molecule has 3 rings (SSSR count). The van der Waals surface area contributed by atoms with E-state index in [1.54, 1.807) is 18.2 Å². The van der Waals surface area contributed by atoms with Crippen molar-refractivity contribution >= 4 is 28.5 Å². The number of hydrogen-bond acceptors (Lipinski definition) is 6. The van der Waals surface area contributed by atoms with Crippen molar-refractivity contribution in [2.24, 2.45) is 0 Å². The minimum Gasteiger partial charge on any atom is -0.383 e. The van der Waals surface area contributed by atoms with Gasteiger partial charge in [0.2, 0.25) is 0 Å². The summed E-state index contributed by atoms with van der Waals surface area (Å²) in [6.07, 6.45) is 0. The molecule has 2 aromatic heterocycles. The van der Waals surface area contributed by atoms with Gasteiger partial charge in [0, 0.05) is 6.07 Å². The lowest BCUT2D eigenvalue weighted by Crippen LogP contribution is -2.14. The van der Waals surface area contributed by atoms with E-state index in [1.165, 1.54) is 17.8 Å². The molecule has 0 radical (unpaired) electrons. The number of H-pyrrole nitrogens is 2. The maximum atomic E-state index is 12.1. The molecule has 0 aliphatic rings. The van der Waals surface area contributed by atoms with Crippen LogP contribution < -0.4 is 16.9 Å². The van der Waals surface area contributed by atoms with Crippen LogP contribution >= 0.6 is 11.8 Å². The first-order valence-corrected chi connectivity index (χ1v) is 7.43. The van der Waals surface area contributed by atoms with Crippen molar-refractivity contribution in [3.05, 3.63) is 56.9 Å². The van der Waals surface area contributed by atoms with Crippen molar-refractivity contribution in [2.45, 2.75) is 17.3 Å². The average Bonchev–Trinajstić information content (AvgIpc) is 2.46. The number of para-hydroxylation sites is 1. The summed E-state index contributed by atoms with van der Waals surface area (Å²) in [7, 11) is 0. The molecule has 4 N–H and O–H groups in total. The summed E-state index contributed by atoms with van der Waals surface area (Å²) in [4.78, 5) is 37.3. The Bertz CT molecular complexity index is 950. The molecule has 0 aliphatic carbocycles. The minimum atomic E-state index is -0.317. The molecular formula is C14H13N5O2S. The van der Waals surface area contributed by atoms with Crippen LogP contribution in [0.5, 0.6) is 0 Å². The quantitative estimate of drug-likeness (QED) is 0.497. The highest BCUT2D eigenvalue weighted by atomic mass is 32.2. The minimum absolute atomic E-state index is 0.151. The number of benzene rings is 1. The van der Waals surface area contributed by atoms with Crippen molar-refractivity contribution in [3.8, 4) is 0 Å². The molecule has 1 atom stereocenters. The molecule has 1 aromatic carbocycles. The third-order valence-corrected chi connectivity index (χ3v) is 4.04. The summed E-state index contributed by atoms with van der Waals surface area (Å²) in [6.45, 7) is 1.86. The van der Waals surface area contributed by atoms with E-state index in [-0.39, 0.29) is 22.2 Å². The van der Waals surface area contributed by atoms with Crippen LogP contribution in [0, 0.1) is 0 Å². The van der Waals surface area contributed by atoms with Crippen LogP contribution in [0.15, 0.2) is 45.1 Å². The SMILES string of the molecule is CC(Sc1nc(N)cc(=O)[nH]1)c1nc2ccccc2c(=O)[nH]1. The van der Waals surface area contributed by atoms with Gasteiger partial charge in [-0.15, -0.1) is 0 Å². The molecule has 2 heterocycles.